The van der Waals surface area contributed by atoms with Crippen molar-refractivity contribution in [2.45, 2.75) is 24.0 Å². The van der Waals surface area contributed by atoms with Gasteiger partial charge in [0.25, 0.3) is 0 Å². The van der Waals surface area contributed by atoms with E-state index in [-0.39, 0.29) is 5.82 Å². The zero-order valence-corrected chi connectivity index (χ0v) is 13.5. The van der Waals surface area contributed by atoms with Crippen molar-refractivity contribution in [3.63, 3.8) is 0 Å². The Morgan fingerprint density at radius 2 is 1.57 bits per heavy atom. The number of ether oxygens (including phenoxy) is 2. The van der Waals surface area contributed by atoms with Gasteiger partial charge in [-0.25, -0.2) is 13.2 Å². The summed E-state index contributed by atoms with van der Waals surface area (Å²) in [5.41, 5.74) is -0.804. The molecule has 120 valence electrons. The first-order valence-electron chi connectivity index (χ1n) is 7.19. The molecule has 0 amide bonds. The van der Waals surface area contributed by atoms with Gasteiger partial charge in [0.15, 0.2) is 23.0 Å². The number of rotatable bonds is 4. The number of halogens is 4. The minimum atomic E-state index is -0.805. The molecule has 2 aliphatic rings. The second-order valence-electron chi connectivity index (χ2n) is 5.92. The van der Waals surface area contributed by atoms with Crippen LogP contribution in [-0.4, -0.2) is 12.2 Å². The van der Waals surface area contributed by atoms with Crippen LogP contribution in [0.1, 0.15) is 18.4 Å². The van der Waals surface area contributed by atoms with Crippen LogP contribution < -0.4 is 4.74 Å². The summed E-state index contributed by atoms with van der Waals surface area (Å²) in [6.45, 7) is 0.387. The van der Waals surface area contributed by atoms with E-state index in [0.717, 1.165) is 17.7 Å². The zero-order chi connectivity index (χ0) is 16.2. The van der Waals surface area contributed by atoms with Gasteiger partial charge in [-0.3, -0.25) is 0 Å². The van der Waals surface area contributed by atoms with Gasteiger partial charge in [0.05, 0.1) is 6.61 Å². The van der Waals surface area contributed by atoms with Crippen LogP contribution in [0.5, 0.6) is 5.75 Å². The summed E-state index contributed by atoms with van der Waals surface area (Å²) < 4.78 is 52.9. The monoisotopic (exact) mass is 384 g/mol. The molecule has 1 unspecified atom stereocenters. The van der Waals surface area contributed by atoms with Crippen molar-refractivity contribution in [1.82, 2.24) is 0 Å². The third-order valence-corrected chi connectivity index (χ3v) is 4.90. The molecule has 2 aromatic rings. The molecule has 6 heteroatoms. The van der Waals surface area contributed by atoms with Crippen molar-refractivity contribution in [1.29, 1.82) is 0 Å². The Morgan fingerprint density at radius 3 is 2.04 bits per heavy atom. The minimum absolute atomic E-state index is 0.306. The summed E-state index contributed by atoms with van der Waals surface area (Å²) in [5, 5.41) is 0. The van der Waals surface area contributed by atoms with Crippen LogP contribution >= 0.6 is 15.9 Å². The quantitative estimate of drug-likeness (QED) is 0.712. The molecular formula is C17H12BrF3O2. The molecule has 0 N–H and O–H groups in total. The van der Waals surface area contributed by atoms with Gasteiger partial charge in [-0.05, 0) is 42.7 Å². The Labute approximate surface area is 139 Å². The highest BCUT2D eigenvalue weighted by Gasteiger charge is 2.71. The van der Waals surface area contributed by atoms with Gasteiger partial charge in [0.1, 0.15) is 11.4 Å². The fraction of sp³-hybridized carbons (Fsp3) is 0.294. The van der Waals surface area contributed by atoms with E-state index in [2.05, 4.69) is 15.9 Å². The molecule has 0 bridgehead atoms. The molecule has 1 aliphatic carbocycles. The molecular weight excluding hydrogens is 373 g/mol. The molecule has 1 atom stereocenters. The van der Waals surface area contributed by atoms with Crippen molar-refractivity contribution >= 4 is 15.9 Å². The molecule has 1 aliphatic heterocycles. The Morgan fingerprint density at radius 1 is 1.00 bits per heavy atom. The van der Waals surface area contributed by atoms with Crippen LogP contribution in [0.3, 0.4) is 0 Å². The minimum Gasteiger partial charge on any atom is -0.478 e. The van der Waals surface area contributed by atoms with Crippen LogP contribution in [0.15, 0.2) is 40.9 Å². The first-order chi connectivity index (χ1) is 11.0. The van der Waals surface area contributed by atoms with Gasteiger partial charge in [0.2, 0.25) is 0 Å². The summed E-state index contributed by atoms with van der Waals surface area (Å²) >= 11 is 3.04. The summed E-state index contributed by atoms with van der Waals surface area (Å²) in [6.07, 6.45) is 1.25. The second-order valence-corrected chi connectivity index (χ2v) is 6.83. The summed E-state index contributed by atoms with van der Waals surface area (Å²) in [6, 6.07) is 8.25. The normalized spacial score (nSPS) is 24.3. The SMILES string of the molecule is Fc1ccc(C2(C3(Oc4c(F)cc(Br)cc4F)CC3)CO2)cc1. The van der Waals surface area contributed by atoms with Crippen molar-refractivity contribution in [3.8, 4) is 5.75 Å². The van der Waals surface area contributed by atoms with E-state index in [1.807, 2.05) is 0 Å². The van der Waals surface area contributed by atoms with E-state index in [4.69, 9.17) is 9.47 Å². The maximum absolute atomic E-state index is 14.0. The van der Waals surface area contributed by atoms with Gasteiger partial charge in [-0.2, -0.15) is 0 Å². The van der Waals surface area contributed by atoms with Gasteiger partial charge < -0.3 is 9.47 Å². The van der Waals surface area contributed by atoms with Crippen molar-refractivity contribution in [2.75, 3.05) is 6.61 Å². The fourth-order valence-electron chi connectivity index (χ4n) is 3.01. The van der Waals surface area contributed by atoms with Crippen LogP contribution in [0.4, 0.5) is 13.2 Å². The second kappa shape index (κ2) is 4.98. The number of epoxide rings is 1. The predicted molar refractivity (Wildman–Crippen MR) is 80.7 cm³/mol. The fourth-order valence-corrected chi connectivity index (χ4v) is 3.41. The molecule has 0 spiro atoms. The maximum Gasteiger partial charge on any atom is 0.191 e. The Balaban J connectivity index is 1.68. The van der Waals surface area contributed by atoms with Gasteiger partial charge in [-0.15, -0.1) is 0 Å². The molecule has 1 saturated carbocycles. The molecule has 2 nitrogen and oxygen atoms in total. The molecule has 2 aromatic carbocycles. The highest BCUT2D eigenvalue weighted by molar-refractivity contribution is 9.10. The third kappa shape index (κ3) is 2.35. The molecule has 23 heavy (non-hydrogen) atoms. The number of hydrogen-bond acceptors (Lipinski definition) is 2. The molecule has 1 heterocycles. The summed E-state index contributed by atoms with van der Waals surface area (Å²) in [5.74, 6) is -2.28. The first kappa shape index (κ1) is 15.0. The van der Waals surface area contributed by atoms with E-state index in [0.29, 0.717) is 23.9 Å². The Bertz CT molecular complexity index is 745. The topological polar surface area (TPSA) is 21.8 Å². The van der Waals surface area contributed by atoms with E-state index in [9.17, 15) is 13.2 Å². The van der Waals surface area contributed by atoms with Gasteiger partial charge in [0, 0.05) is 4.47 Å². The Kier molecular flexibility index (Phi) is 3.25. The van der Waals surface area contributed by atoms with Crippen molar-refractivity contribution in [2.24, 2.45) is 0 Å². The molecule has 0 aromatic heterocycles. The summed E-state index contributed by atoms with van der Waals surface area (Å²) in [7, 11) is 0. The Hall–Kier alpha value is -1.53. The van der Waals surface area contributed by atoms with Gasteiger partial charge in [-0.1, -0.05) is 28.1 Å². The van der Waals surface area contributed by atoms with E-state index < -0.39 is 28.6 Å². The third-order valence-electron chi connectivity index (χ3n) is 4.44. The van der Waals surface area contributed by atoms with Crippen LogP contribution in [0, 0.1) is 17.5 Å². The van der Waals surface area contributed by atoms with E-state index in [1.165, 1.54) is 12.1 Å². The van der Waals surface area contributed by atoms with E-state index in [1.54, 1.807) is 12.1 Å². The summed E-state index contributed by atoms with van der Waals surface area (Å²) in [4.78, 5) is 0. The van der Waals surface area contributed by atoms with Gasteiger partial charge >= 0.3 is 0 Å². The molecule has 4 rings (SSSR count). The lowest BCUT2D eigenvalue weighted by atomic mass is 9.91. The molecule has 0 radical (unpaired) electrons. The predicted octanol–water partition coefficient (Wildman–Crippen LogP) is 4.70. The zero-order valence-electron chi connectivity index (χ0n) is 11.9. The lowest BCUT2D eigenvalue weighted by Gasteiger charge is -2.26. The van der Waals surface area contributed by atoms with Crippen LogP contribution in [0.2, 0.25) is 0 Å². The standard InChI is InChI=1S/C17H12BrF3O2/c18-11-7-13(20)15(14(21)8-11)23-16(5-6-16)17(9-22-17)10-1-3-12(19)4-2-10/h1-4,7-8H,5-6,9H2. The number of benzene rings is 2. The lowest BCUT2D eigenvalue weighted by molar-refractivity contribution is 0.0645. The maximum atomic E-state index is 14.0. The van der Waals surface area contributed by atoms with Crippen molar-refractivity contribution < 1.29 is 22.6 Å². The highest BCUT2D eigenvalue weighted by atomic mass is 79.9. The number of hydrogen-bond donors (Lipinski definition) is 0. The van der Waals surface area contributed by atoms with Crippen molar-refractivity contribution in [3.05, 3.63) is 63.9 Å². The van der Waals surface area contributed by atoms with Crippen LogP contribution in [0.25, 0.3) is 0 Å². The van der Waals surface area contributed by atoms with Crippen LogP contribution in [-0.2, 0) is 10.3 Å². The smallest absolute Gasteiger partial charge is 0.191 e. The average molecular weight is 385 g/mol. The molecule has 2 fully saturated rings. The lowest BCUT2D eigenvalue weighted by Crippen LogP contribution is -2.36. The molecule has 1 saturated heterocycles. The highest BCUT2D eigenvalue weighted by Crippen LogP contribution is 2.61. The first-order valence-corrected chi connectivity index (χ1v) is 7.99. The largest absolute Gasteiger partial charge is 0.478 e. The van der Waals surface area contributed by atoms with E-state index >= 15 is 0 Å². The average Bonchev–Trinajstić information content (AvgIpc) is 3.38.